The summed E-state index contributed by atoms with van der Waals surface area (Å²) in [6.07, 6.45) is 2.52. The fourth-order valence-corrected chi connectivity index (χ4v) is 6.75. The Hall–Kier alpha value is -4.13. The van der Waals surface area contributed by atoms with E-state index in [2.05, 4.69) is 63.1 Å². The molecule has 5 aromatic rings. The van der Waals surface area contributed by atoms with Crippen LogP contribution in [0.3, 0.4) is 0 Å². The van der Waals surface area contributed by atoms with Gasteiger partial charge in [0, 0.05) is 30.4 Å². The van der Waals surface area contributed by atoms with Crippen LogP contribution in [0.2, 0.25) is 0 Å². The third-order valence-corrected chi connectivity index (χ3v) is 9.41. The van der Waals surface area contributed by atoms with E-state index in [0.717, 1.165) is 57.7 Å². The number of aryl methyl sites for hydroxylation is 2. The fraction of sp³-hybridized carbons (Fsp3) is 0.226. The van der Waals surface area contributed by atoms with Crippen LogP contribution in [0.25, 0.3) is 0 Å². The average Bonchev–Trinajstić information content (AvgIpc) is 3.81. The number of benzene rings is 3. The molecule has 9 nitrogen and oxygen atoms in total. The van der Waals surface area contributed by atoms with Crippen molar-refractivity contribution in [3.63, 3.8) is 0 Å². The Kier molecular flexibility index (Phi) is 9.36. The largest absolute Gasteiger partial charge is 0.363 e. The van der Waals surface area contributed by atoms with E-state index >= 15 is 0 Å². The Balaban J connectivity index is 1.04. The van der Waals surface area contributed by atoms with Crippen LogP contribution in [-0.2, 0) is 5.75 Å². The van der Waals surface area contributed by atoms with Gasteiger partial charge in [0.2, 0.25) is 10.3 Å². The van der Waals surface area contributed by atoms with Crippen LogP contribution in [0.1, 0.15) is 29.5 Å². The fourth-order valence-electron chi connectivity index (χ4n) is 4.45. The molecule has 0 aliphatic carbocycles. The third kappa shape index (κ3) is 7.83. The molecule has 0 spiro atoms. The molecular weight excluding hydrogens is 595 g/mol. The number of hydrogen-bond acceptors (Lipinski definition) is 12. The number of anilines is 1. The first-order valence-electron chi connectivity index (χ1n) is 13.9. The van der Waals surface area contributed by atoms with E-state index in [4.69, 9.17) is 0 Å². The molecule has 0 saturated carbocycles. The Morgan fingerprint density at radius 3 is 2.12 bits per heavy atom. The van der Waals surface area contributed by atoms with E-state index in [1.807, 2.05) is 74.5 Å². The molecule has 2 aromatic heterocycles. The molecular formula is C31H29N9S3. The quantitative estimate of drug-likeness (QED) is 0.114. The molecule has 6 rings (SSSR count). The lowest BCUT2D eigenvalue weighted by Crippen LogP contribution is -2.15. The number of rotatable bonds is 10. The summed E-state index contributed by atoms with van der Waals surface area (Å²) in [6.45, 7) is 6.23. The number of nitrogens with zero attached hydrogens (tertiary/aromatic N) is 9. The van der Waals surface area contributed by atoms with E-state index in [1.165, 1.54) is 34.9 Å². The van der Waals surface area contributed by atoms with Crippen molar-refractivity contribution in [2.24, 2.45) is 30.7 Å². The minimum absolute atomic E-state index is 0.527. The molecule has 0 bridgehead atoms. The first kappa shape index (κ1) is 29.0. The zero-order chi connectivity index (χ0) is 29.4. The van der Waals surface area contributed by atoms with Crippen LogP contribution in [0, 0.1) is 13.8 Å². The highest BCUT2D eigenvalue weighted by molar-refractivity contribution is 7.98. The first-order valence-corrected chi connectivity index (χ1v) is 16.5. The van der Waals surface area contributed by atoms with Gasteiger partial charge in [-0.3, -0.25) is 0 Å². The van der Waals surface area contributed by atoms with Gasteiger partial charge in [0.1, 0.15) is 5.00 Å². The maximum Gasteiger partial charge on any atom is 0.250 e. The number of azo groups is 3. The van der Waals surface area contributed by atoms with Crippen LogP contribution in [-0.4, -0.2) is 22.4 Å². The monoisotopic (exact) mass is 623 g/mol. The molecule has 1 fully saturated rings. The predicted octanol–water partition coefficient (Wildman–Crippen LogP) is 11.4. The van der Waals surface area contributed by atoms with Crippen molar-refractivity contribution in [1.82, 2.24) is 9.36 Å². The van der Waals surface area contributed by atoms with E-state index < -0.39 is 0 Å². The SMILES string of the molecule is Cc1cc(/N=N/c2ccc(N3CCCC3)s2)ccc1/N=N/c1ccc(/N=N/c2nc(SCc3ccccc3)ns2)c(C)c1. The zero-order valence-corrected chi connectivity index (χ0v) is 26.2. The second-order valence-electron chi connectivity index (χ2n) is 9.98. The topological polar surface area (TPSA) is 103 Å². The first-order chi connectivity index (χ1) is 21.1. The summed E-state index contributed by atoms with van der Waals surface area (Å²) in [5.41, 5.74) is 6.20. The van der Waals surface area contributed by atoms with Gasteiger partial charge in [0.05, 0.1) is 27.8 Å². The Labute approximate surface area is 262 Å². The van der Waals surface area contributed by atoms with Gasteiger partial charge in [0.15, 0.2) is 0 Å². The number of hydrogen-bond donors (Lipinski definition) is 0. The Morgan fingerprint density at radius 1 is 0.744 bits per heavy atom. The van der Waals surface area contributed by atoms with Gasteiger partial charge in [-0.1, -0.05) is 53.4 Å². The van der Waals surface area contributed by atoms with Crippen molar-refractivity contribution in [2.75, 3.05) is 18.0 Å². The minimum atomic E-state index is 0.527. The molecule has 0 N–H and O–H groups in total. The molecule has 3 heterocycles. The Bertz CT molecular complexity index is 1770. The molecule has 1 saturated heterocycles. The predicted molar refractivity (Wildman–Crippen MR) is 177 cm³/mol. The zero-order valence-electron chi connectivity index (χ0n) is 23.8. The second-order valence-corrected chi connectivity index (χ2v) is 12.7. The van der Waals surface area contributed by atoms with Crippen molar-refractivity contribution in [3.8, 4) is 0 Å². The summed E-state index contributed by atoms with van der Waals surface area (Å²) in [7, 11) is 0. The molecule has 0 amide bonds. The Morgan fingerprint density at radius 2 is 1.42 bits per heavy atom. The molecule has 0 atom stereocenters. The van der Waals surface area contributed by atoms with Crippen LogP contribution < -0.4 is 4.90 Å². The summed E-state index contributed by atoms with van der Waals surface area (Å²) in [5, 5.41) is 29.9. The van der Waals surface area contributed by atoms with Crippen LogP contribution in [0.5, 0.6) is 0 Å². The molecule has 43 heavy (non-hydrogen) atoms. The van der Waals surface area contributed by atoms with Crippen LogP contribution in [0.15, 0.2) is 115 Å². The second kappa shape index (κ2) is 13.9. The molecule has 1 aliphatic rings. The van der Waals surface area contributed by atoms with E-state index in [0.29, 0.717) is 10.3 Å². The highest BCUT2D eigenvalue weighted by atomic mass is 32.2. The maximum atomic E-state index is 4.47. The maximum absolute atomic E-state index is 4.47. The molecule has 0 unspecified atom stereocenters. The van der Waals surface area contributed by atoms with Crippen molar-refractivity contribution in [1.29, 1.82) is 0 Å². The minimum Gasteiger partial charge on any atom is -0.363 e. The highest BCUT2D eigenvalue weighted by Gasteiger charge is 2.14. The highest BCUT2D eigenvalue weighted by Crippen LogP contribution is 2.36. The van der Waals surface area contributed by atoms with Gasteiger partial charge in [-0.05, 0) is 91.9 Å². The summed E-state index contributed by atoms with van der Waals surface area (Å²) in [5.74, 6) is 0.813. The van der Waals surface area contributed by atoms with Gasteiger partial charge < -0.3 is 4.90 Å². The summed E-state index contributed by atoms with van der Waals surface area (Å²) in [6, 6.07) is 25.9. The van der Waals surface area contributed by atoms with Gasteiger partial charge in [0.25, 0.3) is 0 Å². The summed E-state index contributed by atoms with van der Waals surface area (Å²) >= 11 is 4.51. The lowest BCUT2D eigenvalue weighted by molar-refractivity contribution is 0.949. The molecule has 3 aromatic carbocycles. The van der Waals surface area contributed by atoms with Crippen molar-refractivity contribution >= 4 is 72.5 Å². The standard InChI is InChI=1S/C31H29N9S3/c1-21-19-25(34-37-28-14-15-29(42-28)40-16-6-7-17-40)11-12-26(21)35-33-24-10-13-27(22(2)18-24)36-38-30-32-31(39-43-30)41-20-23-8-4-3-5-9-23/h3-5,8-15,18-19H,6-7,16-17,20H2,1-2H3/b35-33+,37-34+,38-36+. The van der Waals surface area contributed by atoms with E-state index in [9.17, 15) is 0 Å². The normalized spacial score (nSPS) is 13.8. The molecule has 1 aliphatic heterocycles. The van der Waals surface area contributed by atoms with Gasteiger partial charge >= 0.3 is 0 Å². The molecule has 12 heteroatoms. The number of thioether (sulfide) groups is 1. The third-order valence-electron chi connectivity index (χ3n) is 6.74. The lowest BCUT2D eigenvalue weighted by atomic mass is 10.2. The lowest BCUT2D eigenvalue weighted by Gasteiger charge is -2.13. The van der Waals surface area contributed by atoms with Crippen molar-refractivity contribution in [3.05, 3.63) is 95.6 Å². The van der Waals surface area contributed by atoms with Crippen LogP contribution >= 0.6 is 34.6 Å². The number of thiophene rings is 1. The smallest absolute Gasteiger partial charge is 0.250 e. The summed E-state index contributed by atoms with van der Waals surface area (Å²) in [4.78, 5) is 6.88. The van der Waals surface area contributed by atoms with E-state index in [1.54, 1.807) is 23.1 Å². The van der Waals surface area contributed by atoms with Crippen LogP contribution in [0.4, 0.5) is 37.9 Å². The van der Waals surface area contributed by atoms with Gasteiger partial charge in [-0.25, -0.2) is 0 Å². The van der Waals surface area contributed by atoms with Gasteiger partial charge in [-0.15, -0.1) is 20.5 Å². The summed E-state index contributed by atoms with van der Waals surface area (Å²) < 4.78 is 4.38. The molecule has 216 valence electrons. The van der Waals surface area contributed by atoms with Crippen molar-refractivity contribution in [2.45, 2.75) is 37.6 Å². The van der Waals surface area contributed by atoms with E-state index in [-0.39, 0.29) is 0 Å². The molecule has 0 radical (unpaired) electrons. The van der Waals surface area contributed by atoms with Gasteiger partial charge in [-0.2, -0.15) is 19.6 Å². The number of aromatic nitrogens is 2. The average molecular weight is 624 g/mol. The van der Waals surface area contributed by atoms with Crippen molar-refractivity contribution < 1.29 is 0 Å².